The molecule has 0 amide bonds. The number of benzene rings is 2. The van der Waals surface area contributed by atoms with Gasteiger partial charge in [0.05, 0.1) is 12.7 Å². The molecule has 26 heavy (non-hydrogen) atoms. The van der Waals surface area contributed by atoms with Crippen LogP contribution in [0.1, 0.15) is 51.8 Å². The summed E-state index contributed by atoms with van der Waals surface area (Å²) in [7, 11) is 4.03. The number of rotatable bonds is 9. The Bertz CT molecular complexity index is 733. The van der Waals surface area contributed by atoms with Crippen molar-refractivity contribution in [3.05, 3.63) is 70.8 Å². The number of nitrogens with zero attached hydrogens (tertiary/aromatic N) is 1. The number of carbonyl (C=O) groups is 2. The largest absolute Gasteiger partial charge is 0.372 e. The molecule has 0 N–H and O–H groups in total. The second kappa shape index (κ2) is 9.41. The highest BCUT2D eigenvalue weighted by Gasteiger charge is 2.14. The van der Waals surface area contributed by atoms with Gasteiger partial charge in [0.1, 0.15) is 0 Å². The zero-order valence-corrected chi connectivity index (χ0v) is 16.0. The molecule has 0 saturated carbocycles. The molecule has 0 aliphatic carbocycles. The molecule has 0 spiro atoms. The van der Waals surface area contributed by atoms with Gasteiger partial charge in [-0.25, -0.2) is 0 Å². The average Bonchev–Trinajstić information content (AvgIpc) is 2.61. The normalized spacial score (nSPS) is 12.2. The molecular formula is C22H27NO3. The highest BCUT2D eigenvalue weighted by molar-refractivity contribution is 5.94. The van der Waals surface area contributed by atoms with E-state index < -0.39 is 0 Å². The summed E-state index contributed by atoms with van der Waals surface area (Å²) < 4.78 is 6.13. The lowest BCUT2D eigenvalue weighted by Gasteiger charge is -2.20. The summed E-state index contributed by atoms with van der Waals surface area (Å²) in [6, 6.07) is 15.3. The van der Waals surface area contributed by atoms with E-state index in [4.69, 9.17) is 4.74 Å². The van der Waals surface area contributed by atoms with Crippen molar-refractivity contribution >= 4 is 11.6 Å². The van der Waals surface area contributed by atoms with Gasteiger partial charge in [-0.1, -0.05) is 48.5 Å². The predicted octanol–water partition coefficient (Wildman–Crippen LogP) is 3.95. The lowest BCUT2D eigenvalue weighted by atomic mass is 9.98. The molecule has 4 nitrogen and oxygen atoms in total. The van der Waals surface area contributed by atoms with Crippen LogP contribution >= 0.6 is 0 Å². The van der Waals surface area contributed by atoms with Crippen molar-refractivity contribution in [2.75, 3.05) is 27.2 Å². The molecule has 138 valence electrons. The van der Waals surface area contributed by atoms with Gasteiger partial charge >= 0.3 is 0 Å². The van der Waals surface area contributed by atoms with Crippen molar-refractivity contribution in [2.45, 2.75) is 26.4 Å². The van der Waals surface area contributed by atoms with Gasteiger partial charge in [-0.2, -0.15) is 0 Å². The van der Waals surface area contributed by atoms with E-state index in [1.807, 2.05) is 62.6 Å². The van der Waals surface area contributed by atoms with Gasteiger partial charge in [0, 0.05) is 24.1 Å². The van der Waals surface area contributed by atoms with E-state index in [-0.39, 0.29) is 17.7 Å². The highest BCUT2D eigenvalue weighted by atomic mass is 16.5. The van der Waals surface area contributed by atoms with Crippen LogP contribution in [0.2, 0.25) is 0 Å². The van der Waals surface area contributed by atoms with Gasteiger partial charge in [-0.3, -0.25) is 9.59 Å². The van der Waals surface area contributed by atoms with Crippen molar-refractivity contribution in [3.63, 3.8) is 0 Å². The quantitative estimate of drug-likeness (QED) is 0.640. The Morgan fingerprint density at radius 1 is 0.885 bits per heavy atom. The highest BCUT2D eigenvalue weighted by Crippen LogP contribution is 2.23. The van der Waals surface area contributed by atoms with Crippen LogP contribution in [0.3, 0.4) is 0 Å². The van der Waals surface area contributed by atoms with Crippen LogP contribution in [-0.2, 0) is 11.2 Å². The van der Waals surface area contributed by atoms with Crippen molar-refractivity contribution in [1.82, 2.24) is 4.90 Å². The molecule has 0 aliphatic rings. The topological polar surface area (TPSA) is 46.6 Å². The Labute approximate surface area is 155 Å². The molecule has 4 heteroatoms. The van der Waals surface area contributed by atoms with Crippen LogP contribution in [0, 0.1) is 0 Å². The number of ether oxygens (including phenoxy) is 1. The molecule has 2 aromatic carbocycles. The third kappa shape index (κ3) is 5.90. The van der Waals surface area contributed by atoms with Gasteiger partial charge in [-0.15, -0.1) is 0 Å². The molecule has 0 fully saturated rings. The van der Waals surface area contributed by atoms with Gasteiger partial charge in [0.2, 0.25) is 0 Å². The molecule has 2 aromatic rings. The number of ketones is 2. The molecule has 0 aliphatic heterocycles. The number of likely N-dealkylation sites (N-methyl/N-ethyl adjacent to an activating group) is 1. The maximum atomic E-state index is 11.5. The SMILES string of the molecule is CC(=O)c1ccc(CC(OCCN(C)C)c2ccc(C(C)=O)cc2)cc1. The van der Waals surface area contributed by atoms with Crippen molar-refractivity contribution in [2.24, 2.45) is 0 Å². The van der Waals surface area contributed by atoms with Crippen LogP contribution in [0.5, 0.6) is 0 Å². The van der Waals surface area contributed by atoms with Crippen LogP contribution in [0.15, 0.2) is 48.5 Å². The minimum Gasteiger partial charge on any atom is -0.372 e. The minimum atomic E-state index is -0.0980. The Balaban J connectivity index is 2.16. The number of carbonyl (C=O) groups excluding carboxylic acids is 2. The van der Waals surface area contributed by atoms with Crippen LogP contribution in [0.4, 0.5) is 0 Å². The molecule has 0 saturated heterocycles. The zero-order chi connectivity index (χ0) is 19.1. The molecule has 0 aromatic heterocycles. The van der Waals surface area contributed by atoms with Crippen LogP contribution in [-0.4, -0.2) is 43.7 Å². The molecule has 1 unspecified atom stereocenters. The first-order chi connectivity index (χ1) is 12.4. The van der Waals surface area contributed by atoms with Gasteiger partial charge in [-0.05, 0) is 39.1 Å². The van der Waals surface area contributed by atoms with E-state index in [0.29, 0.717) is 24.2 Å². The Morgan fingerprint density at radius 3 is 1.85 bits per heavy atom. The molecule has 2 rings (SSSR count). The Morgan fingerprint density at radius 2 is 1.38 bits per heavy atom. The smallest absolute Gasteiger partial charge is 0.159 e. The lowest BCUT2D eigenvalue weighted by Crippen LogP contribution is -2.20. The third-order valence-electron chi connectivity index (χ3n) is 4.33. The fourth-order valence-corrected chi connectivity index (χ4v) is 2.67. The van der Waals surface area contributed by atoms with E-state index >= 15 is 0 Å². The van der Waals surface area contributed by atoms with Gasteiger partial charge in [0.15, 0.2) is 11.6 Å². The number of Topliss-reactive ketones (excluding diaryl/α,β-unsaturated/α-hetero) is 2. The maximum absolute atomic E-state index is 11.5. The van der Waals surface area contributed by atoms with Gasteiger partial charge in [0.25, 0.3) is 0 Å². The second-order valence-corrected chi connectivity index (χ2v) is 6.80. The first kappa shape index (κ1) is 20.0. The summed E-state index contributed by atoms with van der Waals surface area (Å²) in [5.41, 5.74) is 3.57. The van der Waals surface area contributed by atoms with Crippen LogP contribution < -0.4 is 0 Å². The lowest BCUT2D eigenvalue weighted by molar-refractivity contribution is 0.0436. The molecule has 0 bridgehead atoms. The molecule has 1 atom stereocenters. The summed E-state index contributed by atoms with van der Waals surface area (Å²) in [6.07, 6.45) is 0.615. The van der Waals surface area contributed by atoms with E-state index in [1.165, 1.54) is 0 Å². The van der Waals surface area contributed by atoms with Gasteiger partial charge < -0.3 is 9.64 Å². The summed E-state index contributed by atoms with van der Waals surface area (Å²) in [5.74, 6) is 0.122. The summed E-state index contributed by atoms with van der Waals surface area (Å²) in [4.78, 5) is 25.0. The number of hydrogen-bond donors (Lipinski definition) is 0. The van der Waals surface area contributed by atoms with E-state index in [2.05, 4.69) is 4.90 Å². The van der Waals surface area contributed by atoms with Crippen molar-refractivity contribution in [1.29, 1.82) is 0 Å². The maximum Gasteiger partial charge on any atom is 0.159 e. The molecule has 0 radical (unpaired) electrons. The summed E-state index contributed by atoms with van der Waals surface area (Å²) in [6.45, 7) is 4.60. The first-order valence-electron chi connectivity index (χ1n) is 8.84. The molecular weight excluding hydrogens is 326 g/mol. The third-order valence-corrected chi connectivity index (χ3v) is 4.33. The van der Waals surface area contributed by atoms with E-state index in [9.17, 15) is 9.59 Å². The van der Waals surface area contributed by atoms with Crippen LogP contribution in [0.25, 0.3) is 0 Å². The average molecular weight is 353 g/mol. The Kier molecular flexibility index (Phi) is 7.25. The Hall–Kier alpha value is -2.30. The fraction of sp³-hybridized carbons (Fsp3) is 0.364. The summed E-state index contributed by atoms with van der Waals surface area (Å²) in [5, 5.41) is 0. The van der Waals surface area contributed by atoms with Crippen molar-refractivity contribution < 1.29 is 14.3 Å². The predicted molar refractivity (Wildman–Crippen MR) is 104 cm³/mol. The second-order valence-electron chi connectivity index (χ2n) is 6.80. The van der Waals surface area contributed by atoms with E-state index in [1.54, 1.807) is 13.8 Å². The molecule has 0 heterocycles. The number of hydrogen-bond acceptors (Lipinski definition) is 4. The standard InChI is InChI=1S/C22H27NO3/c1-16(24)19-7-5-18(6-8-19)15-22(26-14-13-23(3)4)21-11-9-20(10-12-21)17(2)25/h5-12,22H,13-15H2,1-4H3. The first-order valence-corrected chi connectivity index (χ1v) is 8.84. The fourth-order valence-electron chi connectivity index (χ4n) is 2.67. The van der Waals surface area contributed by atoms with E-state index in [0.717, 1.165) is 17.7 Å². The zero-order valence-electron chi connectivity index (χ0n) is 16.0. The summed E-state index contributed by atoms with van der Waals surface area (Å²) >= 11 is 0. The van der Waals surface area contributed by atoms with Crippen molar-refractivity contribution in [3.8, 4) is 0 Å². The minimum absolute atomic E-state index is 0.0569. The monoisotopic (exact) mass is 353 g/mol.